The molecule has 74 valence electrons. The van der Waals surface area contributed by atoms with Gasteiger partial charge in [0.25, 0.3) is 0 Å². The van der Waals surface area contributed by atoms with Crippen LogP contribution in [-0.2, 0) is 4.74 Å². The lowest BCUT2D eigenvalue weighted by Gasteiger charge is -2.14. The van der Waals surface area contributed by atoms with Crippen LogP contribution in [0, 0.1) is 0 Å². The summed E-state index contributed by atoms with van der Waals surface area (Å²) in [5, 5.41) is 0. The van der Waals surface area contributed by atoms with Crippen LogP contribution in [0.2, 0.25) is 0 Å². The van der Waals surface area contributed by atoms with Gasteiger partial charge in [0.05, 0.1) is 18.6 Å². The molecule has 1 aromatic heterocycles. The summed E-state index contributed by atoms with van der Waals surface area (Å²) in [6, 6.07) is 0. The molecule has 1 fully saturated rings. The van der Waals surface area contributed by atoms with Gasteiger partial charge in [-0.2, -0.15) is 0 Å². The fourth-order valence-corrected chi connectivity index (χ4v) is 1.52. The van der Waals surface area contributed by atoms with E-state index in [4.69, 9.17) is 10.5 Å². The van der Waals surface area contributed by atoms with Crippen molar-refractivity contribution in [1.82, 2.24) is 9.55 Å². The fraction of sp³-hybridized carbons (Fsp3) is 0.300. The van der Waals surface area contributed by atoms with Gasteiger partial charge >= 0.3 is 0 Å². The Balaban J connectivity index is 2.34. The number of nitrogens with zero attached hydrogens (tertiary/aromatic N) is 2. The molecule has 2 rings (SSSR count). The molecule has 2 heterocycles. The molecule has 1 aliphatic heterocycles. The maximum Gasteiger partial charge on any atom is 0.163 e. The second kappa shape index (κ2) is 2.99. The van der Waals surface area contributed by atoms with Gasteiger partial charge in [0.15, 0.2) is 6.23 Å². The van der Waals surface area contributed by atoms with Gasteiger partial charge in [-0.05, 0) is 18.1 Å². The molecule has 1 aromatic rings. The standard InChI is InChI=1S/C10H13N3O/c1-6-7(2)10(14-8(6)3)13-5-12-4-9(13)11/h4-5,8,10H,1-2,11H2,3H3/t8-,10-/m1/s1. The smallest absolute Gasteiger partial charge is 0.163 e. The Morgan fingerprint density at radius 1 is 1.50 bits per heavy atom. The molecule has 0 unspecified atom stereocenters. The van der Waals surface area contributed by atoms with Gasteiger partial charge in [0.1, 0.15) is 5.82 Å². The highest BCUT2D eigenvalue weighted by Gasteiger charge is 2.31. The number of nitrogens with two attached hydrogens (primary N) is 1. The van der Waals surface area contributed by atoms with Crippen LogP contribution in [0.3, 0.4) is 0 Å². The molecule has 0 spiro atoms. The minimum atomic E-state index is -0.250. The summed E-state index contributed by atoms with van der Waals surface area (Å²) in [4.78, 5) is 3.94. The van der Waals surface area contributed by atoms with Gasteiger partial charge in [-0.1, -0.05) is 13.2 Å². The lowest BCUT2D eigenvalue weighted by atomic mass is 10.1. The van der Waals surface area contributed by atoms with E-state index in [1.165, 1.54) is 0 Å². The molecule has 1 aliphatic rings. The van der Waals surface area contributed by atoms with Gasteiger partial charge < -0.3 is 10.5 Å². The number of rotatable bonds is 1. The second-order valence-electron chi connectivity index (χ2n) is 3.41. The van der Waals surface area contributed by atoms with E-state index >= 15 is 0 Å². The van der Waals surface area contributed by atoms with E-state index in [1.54, 1.807) is 17.1 Å². The Hall–Kier alpha value is -1.55. The number of nitrogen functional groups attached to an aromatic ring is 1. The van der Waals surface area contributed by atoms with Crippen LogP contribution in [0.5, 0.6) is 0 Å². The normalized spacial score (nSPS) is 27.2. The van der Waals surface area contributed by atoms with E-state index in [0.29, 0.717) is 5.82 Å². The summed E-state index contributed by atoms with van der Waals surface area (Å²) >= 11 is 0. The van der Waals surface area contributed by atoms with Crippen molar-refractivity contribution in [1.29, 1.82) is 0 Å². The number of hydrogen-bond acceptors (Lipinski definition) is 3. The van der Waals surface area contributed by atoms with Crippen LogP contribution >= 0.6 is 0 Å². The predicted octanol–water partition coefficient (Wildman–Crippen LogP) is 1.49. The predicted molar refractivity (Wildman–Crippen MR) is 54.5 cm³/mol. The number of imidazole rings is 1. The first-order valence-corrected chi connectivity index (χ1v) is 4.42. The molecular formula is C10H13N3O. The minimum absolute atomic E-state index is 0.00528. The average molecular weight is 191 g/mol. The lowest BCUT2D eigenvalue weighted by molar-refractivity contribution is 0.0312. The highest BCUT2D eigenvalue weighted by Crippen LogP contribution is 2.36. The maximum absolute atomic E-state index is 5.72. The highest BCUT2D eigenvalue weighted by atomic mass is 16.5. The zero-order valence-corrected chi connectivity index (χ0v) is 8.10. The third-order valence-corrected chi connectivity index (χ3v) is 2.48. The molecule has 2 N–H and O–H groups in total. The van der Waals surface area contributed by atoms with Crippen molar-refractivity contribution in [2.75, 3.05) is 5.73 Å². The molecule has 0 bridgehead atoms. The molecule has 0 amide bonds. The van der Waals surface area contributed by atoms with Crippen LogP contribution in [-0.4, -0.2) is 15.7 Å². The van der Waals surface area contributed by atoms with E-state index in [2.05, 4.69) is 18.1 Å². The van der Waals surface area contributed by atoms with Gasteiger partial charge in [0.2, 0.25) is 0 Å². The Bertz CT molecular complexity index is 394. The van der Waals surface area contributed by atoms with Crippen LogP contribution in [0.4, 0.5) is 5.82 Å². The summed E-state index contributed by atoms with van der Waals surface area (Å²) < 4.78 is 7.40. The number of hydrogen-bond donors (Lipinski definition) is 1. The van der Waals surface area contributed by atoms with Crippen molar-refractivity contribution in [2.24, 2.45) is 0 Å². The first-order chi connectivity index (χ1) is 6.61. The zero-order valence-electron chi connectivity index (χ0n) is 8.10. The first-order valence-electron chi connectivity index (χ1n) is 4.42. The Labute approximate surface area is 82.7 Å². The van der Waals surface area contributed by atoms with Crippen molar-refractivity contribution < 1.29 is 4.74 Å². The van der Waals surface area contributed by atoms with Gasteiger partial charge in [-0.25, -0.2) is 4.98 Å². The van der Waals surface area contributed by atoms with Gasteiger partial charge in [0, 0.05) is 0 Å². The SMILES string of the molecule is C=C1C(=C)[C@@H](C)O[C@H]1n1cncc1N. The molecule has 0 radical (unpaired) electrons. The lowest BCUT2D eigenvalue weighted by Crippen LogP contribution is -2.11. The third kappa shape index (κ3) is 1.15. The van der Waals surface area contributed by atoms with E-state index in [0.717, 1.165) is 11.1 Å². The van der Waals surface area contributed by atoms with Crippen LogP contribution in [0.25, 0.3) is 0 Å². The molecule has 4 nitrogen and oxygen atoms in total. The number of aromatic nitrogens is 2. The van der Waals surface area contributed by atoms with Crippen LogP contribution < -0.4 is 5.73 Å². The Morgan fingerprint density at radius 3 is 2.64 bits per heavy atom. The Kier molecular flexibility index (Phi) is 1.93. The van der Waals surface area contributed by atoms with Crippen molar-refractivity contribution in [3.63, 3.8) is 0 Å². The summed E-state index contributed by atoms with van der Waals surface area (Å²) in [7, 11) is 0. The highest BCUT2D eigenvalue weighted by molar-refractivity contribution is 5.38. The molecule has 0 aliphatic carbocycles. The quantitative estimate of drug-likeness (QED) is 0.731. The van der Waals surface area contributed by atoms with E-state index in [9.17, 15) is 0 Å². The summed E-state index contributed by atoms with van der Waals surface area (Å²) in [5.41, 5.74) is 7.51. The monoisotopic (exact) mass is 191 g/mol. The maximum atomic E-state index is 5.72. The molecule has 1 saturated heterocycles. The second-order valence-corrected chi connectivity index (χ2v) is 3.41. The zero-order chi connectivity index (χ0) is 10.3. The van der Waals surface area contributed by atoms with E-state index in [1.807, 2.05) is 6.92 Å². The molecular weight excluding hydrogens is 178 g/mol. The first kappa shape index (κ1) is 9.02. The summed E-state index contributed by atoms with van der Waals surface area (Å²) in [6.45, 7) is 9.79. The Morgan fingerprint density at radius 2 is 2.21 bits per heavy atom. The molecule has 0 saturated carbocycles. The fourth-order valence-electron chi connectivity index (χ4n) is 1.52. The number of ether oxygens (including phenoxy) is 1. The average Bonchev–Trinajstić information content (AvgIpc) is 2.66. The molecule has 14 heavy (non-hydrogen) atoms. The van der Waals surface area contributed by atoms with Crippen molar-refractivity contribution in [3.8, 4) is 0 Å². The third-order valence-electron chi connectivity index (χ3n) is 2.48. The van der Waals surface area contributed by atoms with Crippen LogP contribution in [0.1, 0.15) is 13.2 Å². The topological polar surface area (TPSA) is 53.1 Å². The van der Waals surface area contributed by atoms with E-state index in [-0.39, 0.29) is 12.3 Å². The van der Waals surface area contributed by atoms with Crippen LogP contribution in [0.15, 0.2) is 36.8 Å². The molecule has 4 heteroatoms. The molecule has 2 atom stereocenters. The van der Waals surface area contributed by atoms with Crippen molar-refractivity contribution >= 4 is 5.82 Å². The number of anilines is 1. The van der Waals surface area contributed by atoms with E-state index < -0.39 is 0 Å². The minimum Gasteiger partial charge on any atom is -0.384 e. The summed E-state index contributed by atoms with van der Waals surface area (Å²) in [6.07, 6.45) is 2.97. The summed E-state index contributed by atoms with van der Waals surface area (Å²) in [5.74, 6) is 0.568. The van der Waals surface area contributed by atoms with Gasteiger partial charge in [-0.15, -0.1) is 0 Å². The molecule has 0 aromatic carbocycles. The van der Waals surface area contributed by atoms with Crippen molar-refractivity contribution in [3.05, 3.63) is 36.8 Å². The largest absolute Gasteiger partial charge is 0.384 e. The van der Waals surface area contributed by atoms with Crippen molar-refractivity contribution in [2.45, 2.75) is 19.3 Å². The van der Waals surface area contributed by atoms with Gasteiger partial charge in [-0.3, -0.25) is 4.57 Å².